The summed E-state index contributed by atoms with van der Waals surface area (Å²) in [5.41, 5.74) is 0. The van der Waals surface area contributed by atoms with Gasteiger partial charge in [-0.05, 0) is 37.8 Å². The first-order valence-corrected chi connectivity index (χ1v) is 7.78. The Labute approximate surface area is 141 Å². The fraction of sp³-hybridized carbons (Fsp3) is 0.562. The molecule has 0 saturated heterocycles. The molecule has 0 aromatic rings. The highest BCUT2D eigenvalue weighted by molar-refractivity contribution is 5.87. The van der Waals surface area contributed by atoms with Crippen molar-refractivity contribution in [3.8, 4) is 0 Å². The molecule has 2 amide bonds. The number of unbranched alkanes of at least 4 members (excludes halogenated alkanes) is 2. The van der Waals surface area contributed by atoms with E-state index < -0.39 is 12.3 Å². The van der Waals surface area contributed by atoms with E-state index in [0.29, 0.717) is 38.8 Å². The van der Waals surface area contributed by atoms with Crippen molar-refractivity contribution in [2.24, 2.45) is 0 Å². The summed E-state index contributed by atoms with van der Waals surface area (Å²) in [6, 6.07) is 0. The van der Waals surface area contributed by atoms with Gasteiger partial charge in [0.1, 0.15) is 0 Å². The molecule has 0 spiro atoms. The number of carbonyl (C=O) groups excluding carboxylic acids is 3. The Balaban J connectivity index is 3.52. The number of hydrogen-bond donors (Lipinski definition) is 3. The monoisotopic (exact) mass is 342 g/mol. The zero-order valence-corrected chi connectivity index (χ0v) is 13.8. The lowest BCUT2D eigenvalue weighted by Crippen LogP contribution is -2.27. The number of hydrogen-bond acceptors (Lipinski definition) is 6. The first kappa shape index (κ1) is 21.8. The van der Waals surface area contributed by atoms with Crippen LogP contribution in [-0.4, -0.2) is 55.5 Å². The van der Waals surface area contributed by atoms with E-state index in [1.54, 1.807) is 0 Å². The van der Waals surface area contributed by atoms with E-state index in [-0.39, 0.29) is 25.0 Å². The van der Waals surface area contributed by atoms with Crippen molar-refractivity contribution in [3.63, 3.8) is 0 Å². The first-order valence-electron chi connectivity index (χ1n) is 7.78. The molecule has 0 aliphatic carbocycles. The third-order valence-electron chi connectivity index (χ3n) is 2.83. The van der Waals surface area contributed by atoms with Crippen LogP contribution < -0.4 is 10.6 Å². The number of esters is 1. The third kappa shape index (κ3) is 12.4. The van der Waals surface area contributed by atoms with E-state index >= 15 is 0 Å². The number of nitrogens with one attached hydrogen (secondary N) is 2. The summed E-state index contributed by atoms with van der Waals surface area (Å²) >= 11 is 0. The van der Waals surface area contributed by atoms with E-state index in [0.717, 1.165) is 0 Å². The molecule has 0 rings (SSSR count). The van der Waals surface area contributed by atoms with Gasteiger partial charge in [-0.25, -0.2) is 4.79 Å². The lowest BCUT2D eigenvalue weighted by Gasteiger charge is -2.11. The Hall–Kier alpha value is -2.19. The van der Waals surface area contributed by atoms with Crippen LogP contribution in [0.4, 0.5) is 0 Å². The second-order valence-electron chi connectivity index (χ2n) is 4.80. The molecule has 1 unspecified atom stereocenters. The minimum absolute atomic E-state index is 0.136. The Morgan fingerprint density at radius 2 is 1.42 bits per heavy atom. The molecule has 3 N–H and O–H groups in total. The highest BCUT2D eigenvalue weighted by Crippen LogP contribution is 1.98. The largest absolute Gasteiger partial charge is 0.462 e. The Morgan fingerprint density at radius 1 is 0.917 bits per heavy atom. The van der Waals surface area contributed by atoms with E-state index in [9.17, 15) is 19.5 Å². The predicted molar refractivity (Wildman–Crippen MR) is 87.8 cm³/mol. The van der Waals surface area contributed by atoms with Gasteiger partial charge in [0.2, 0.25) is 11.8 Å². The van der Waals surface area contributed by atoms with Crippen molar-refractivity contribution >= 4 is 17.8 Å². The maximum Gasteiger partial charge on any atom is 0.363 e. The Bertz CT molecular complexity index is 425. The van der Waals surface area contributed by atoms with Crippen LogP contribution in [0.1, 0.15) is 25.7 Å². The lowest BCUT2D eigenvalue weighted by molar-refractivity contribution is -0.183. The minimum atomic E-state index is -1.62. The molecular weight excluding hydrogens is 316 g/mol. The molecular formula is C16H26N2O6. The summed E-state index contributed by atoms with van der Waals surface area (Å²) in [7, 11) is 0. The fourth-order valence-electron chi connectivity index (χ4n) is 1.53. The minimum Gasteiger partial charge on any atom is -0.462 e. The standard InChI is InChI=1S/C16H26N2O6/c1-3-13(19)17-9-5-7-11-23-15(21)16(22)24-12-8-6-10-18-14(20)4-2/h3-4,15,21H,1-2,5-12H2,(H,17,19)(H,18,20). The van der Waals surface area contributed by atoms with Gasteiger partial charge in [0.15, 0.2) is 0 Å². The molecule has 136 valence electrons. The smallest absolute Gasteiger partial charge is 0.363 e. The van der Waals surface area contributed by atoms with Gasteiger partial charge in [-0.2, -0.15) is 0 Å². The van der Waals surface area contributed by atoms with E-state index in [4.69, 9.17) is 9.47 Å². The number of rotatable bonds is 14. The molecule has 0 heterocycles. The zero-order chi connectivity index (χ0) is 18.2. The molecule has 0 aromatic carbocycles. The van der Waals surface area contributed by atoms with Crippen molar-refractivity contribution < 1.29 is 29.0 Å². The Morgan fingerprint density at radius 3 is 1.92 bits per heavy atom. The van der Waals surface area contributed by atoms with Crippen molar-refractivity contribution in [3.05, 3.63) is 25.3 Å². The summed E-state index contributed by atoms with van der Waals surface area (Å²) in [5, 5.41) is 14.7. The second kappa shape index (κ2) is 14.4. The van der Waals surface area contributed by atoms with Crippen molar-refractivity contribution in [1.29, 1.82) is 0 Å². The molecule has 1 atom stereocenters. The summed E-state index contributed by atoms with van der Waals surface area (Å²) in [5.74, 6) is -1.34. The summed E-state index contributed by atoms with van der Waals surface area (Å²) in [4.78, 5) is 33.2. The molecule has 8 nitrogen and oxygen atoms in total. The quantitative estimate of drug-likeness (QED) is 0.178. The molecule has 24 heavy (non-hydrogen) atoms. The van der Waals surface area contributed by atoms with Gasteiger partial charge >= 0.3 is 5.97 Å². The third-order valence-corrected chi connectivity index (χ3v) is 2.83. The average Bonchev–Trinajstić information content (AvgIpc) is 2.59. The lowest BCUT2D eigenvalue weighted by atomic mass is 10.3. The van der Waals surface area contributed by atoms with Gasteiger partial charge in [-0.15, -0.1) is 0 Å². The van der Waals surface area contributed by atoms with Crippen LogP contribution in [0.2, 0.25) is 0 Å². The van der Waals surface area contributed by atoms with Crippen LogP contribution in [0.5, 0.6) is 0 Å². The maximum atomic E-state index is 11.4. The number of aliphatic hydroxyl groups excluding tert-OH is 1. The van der Waals surface area contributed by atoms with Crippen LogP contribution in [0.3, 0.4) is 0 Å². The van der Waals surface area contributed by atoms with Gasteiger partial charge in [0.25, 0.3) is 6.29 Å². The molecule has 8 heteroatoms. The SMILES string of the molecule is C=CC(=O)NCCCCOC(=O)C(O)OCCCCNC(=O)C=C. The van der Waals surface area contributed by atoms with Crippen molar-refractivity contribution in [1.82, 2.24) is 10.6 Å². The van der Waals surface area contributed by atoms with Crippen molar-refractivity contribution in [2.75, 3.05) is 26.3 Å². The second-order valence-corrected chi connectivity index (χ2v) is 4.80. The van der Waals surface area contributed by atoms with Gasteiger partial charge in [-0.3, -0.25) is 9.59 Å². The van der Waals surface area contributed by atoms with Gasteiger partial charge in [0, 0.05) is 13.1 Å². The highest BCUT2D eigenvalue weighted by atomic mass is 16.6. The molecule has 0 aromatic heterocycles. The van der Waals surface area contributed by atoms with Crippen LogP contribution in [0.25, 0.3) is 0 Å². The summed E-state index contributed by atoms with van der Waals surface area (Å²) in [6.45, 7) is 7.89. The molecule has 0 fully saturated rings. The van der Waals surface area contributed by atoms with Gasteiger partial charge in [-0.1, -0.05) is 13.2 Å². The highest BCUT2D eigenvalue weighted by Gasteiger charge is 2.16. The van der Waals surface area contributed by atoms with Gasteiger partial charge < -0.3 is 25.2 Å². The topological polar surface area (TPSA) is 114 Å². The summed E-state index contributed by atoms with van der Waals surface area (Å²) in [6.07, 6.45) is 3.17. The van der Waals surface area contributed by atoms with E-state index in [1.165, 1.54) is 12.2 Å². The van der Waals surface area contributed by atoms with Gasteiger partial charge in [0.05, 0.1) is 13.2 Å². The van der Waals surface area contributed by atoms with Crippen molar-refractivity contribution in [2.45, 2.75) is 32.0 Å². The number of ether oxygens (including phenoxy) is 2. The predicted octanol–water partition coefficient (Wildman–Crippen LogP) is 0.0294. The van der Waals surface area contributed by atoms with Crippen LogP contribution in [0.15, 0.2) is 25.3 Å². The molecule has 0 saturated carbocycles. The first-order chi connectivity index (χ1) is 11.5. The van der Waals surface area contributed by atoms with E-state index in [1.807, 2.05) is 0 Å². The number of amides is 2. The van der Waals surface area contributed by atoms with Crippen LogP contribution in [0, 0.1) is 0 Å². The maximum absolute atomic E-state index is 11.4. The Kier molecular flexibility index (Phi) is 13.1. The number of aliphatic hydroxyl groups is 1. The normalized spacial score (nSPS) is 11.2. The molecule has 0 bridgehead atoms. The number of carbonyl (C=O) groups is 3. The summed E-state index contributed by atoms with van der Waals surface area (Å²) < 4.78 is 9.79. The zero-order valence-electron chi connectivity index (χ0n) is 13.8. The molecule has 0 aliphatic rings. The molecule has 0 radical (unpaired) electrons. The van der Waals surface area contributed by atoms with Crippen LogP contribution in [-0.2, 0) is 23.9 Å². The van der Waals surface area contributed by atoms with E-state index in [2.05, 4.69) is 23.8 Å². The fourth-order valence-corrected chi connectivity index (χ4v) is 1.53. The molecule has 0 aliphatic heterocycles. The average molecular weight is 342 g/mol. The van der Waals surface area contributed by atoms with Crippen LogP contribution >= 0.6 is 0 Å².